The number of hydrogen-bond donors (Lipinski definition) is 0. The minimum absolute atomic E-state index is 0.0592. The van der Waals surface area contributed by atoms with Crippen LogP contribution in [-0.2, 0) is 4.74 Å². The molecule has 2 aromatic rings. The molecule has 1 aromatic carbocycles. The number of carbonyl (C=O) groups excluding carboxylic acids is 1. The maximum absolute atomic E-state index is 13.1. The predicted octanol–water partition coefficient (Wildman–Crippen LogP) is 2.36. The Morgan fingerprint density at radius 3 is 2.52 bits per heavy atom. The number of amides is 1. The van der Waals surface area contributed by atoms with Gasteiger partial charge in [-0.05, 0) is 43.2 Å². The number of carbonyl (C=O) groups is 1. The van der Waals surface area contributed by atoms with Crippen molar-refractivity contribution in [1.82, 2.24) is 14.7 Å². The van der Waals surface area contributed by atoms with E-state index >= 15 is 0 Å². The van der Waals surface area contributed by atoms with Crippen molar-refractivity contribution in [3.8, 4) is 5.69 Å². The van der Waals surface area contributed by atoms with Crippen molar-refractivity contribution in [1.29, 1.82) is 0 Å². The van der Waals surface area contributed by atoms with Crippen LogP contribution in [0.2, 0.25) is 0 Å². The van der Waals surface area contributed by atoms with Crippen LogP contribution in [0.5, 0.6) is 0 Å². The lowest BCUT2D eigenvalue weighted by atomic mass is 10.2. The van der Waals surface area contributed by atoms with E-state index in [0.29, 0.717) is 37.9 Å². The van der Waals surface area contributed by atoms with Gasteiger partial charge in [-0.25, -0.2) is 9.07 Å². The van der Waals surface area contributed by atoms with Crippen LogP contribution in [0.1, 0.15) is 34.9 Å². The molecule has 1 amide bonds. The second kappa shape index (κ2) is 5.77. The van der Waals surface area contributed by atoms with Crippen molar-refractivity contribution >= 4 is 5.91 Å². The molecule has 4 rings (SSSR count). The minimum Gasteiger partial charge on any atom is -0.378 e. The average Bonchev–Trinajstić information content (AvgIpc) is 3.35. The quantitative estimate of drug-likeness (QED) is 0.873. The number of morpholine rings is 1. The second-order valence-corrected chi connectivity index (χ2v) is 6.02. The van der Waals surface area contributed by atoms with Crippen LogP contribution in [-0.4, -0.2) is 46.9 Å². The molecule has 1 saturated heterocycles. The van der Waals surface area contributed by atoms with E-state index < -0.39 is 0 Å². The normalized spacial score (nSPS) is 18.2. The molecule has 0 bridgehead atoms. The summed E-state index contributed by atoms with van der Waals surface area (Å²) in [5.41, 5.74) is 2.28. The first-order valence-electron chi connectivity index (χ1n) is 7.95. The Bertz CT molecular complexity index is 716. The lowest BCUT2D eigenvalue weighted by molar-refractivity contribution is 0.0298. The second-order valence-electron chi connectivity index (χ2n) is 6.02. The monoisotopic (exact) mass is 315 g/mol. The van der Waals surface area contributed by atoms with E-state index in [2.05, 4.69) is 5.10 Å². The molecule has 6 heteroatoms. The van der Waals surface area contributed by atoms with Gasteiger partial charge in [0.15, 0.2) is 5.69 Å². The Morgan fingerprint density at radius 1 is 1.17 bits per heavy atom. The molecule has 2 heterocycles. The van der Waals surface area contributed by atoms with Gasteiger partial charge < -0.3 is 9.64 Å². The lowest BCUT2D eigenvalue weighted by Crippen LogP contribution is -2.40. The zero-order valence-corrected chi connectivity index (χ0v) is 12.7. The van der Waals surface area contributed by atoms with E-state index in [1.165, 1.54) is 12.1 Å². The number of rotatable bonds is 3. The molecule has 0 atom stereocenters. The maximum Gasteiger partial charge on any atom is 0.274 e. The van der Waals surface area contributed by atoms with Gasteiger partial charge in [-0.15, -0.1) is 0 Å². The standard InChI is InChI=1S/C17H18FN3O2/c18-13-3-5-14(6-4-13)21-16(12-1-2-12)11-15(19-21)17(22)20-7-9-23-10-8-20/h3-6,11-12H,1-2,7-10H2. The summed E-state index contributed by atoms with van der Waals surface area (Å²) in [7, 11) is 0. The van der Waals surface area contributed by atoms with E-state index in [1.807, 2.05) is 6.07 Å². The van der Waals surface area contributed by atoms with Crippen LogP contribution in [0.3, 0.4) is 0 Å². The maximum atomic E-state index is 13.1. The van der Waals surface area contributed by atoms with Gasteiger partial charge in [0.05, 0.1) is 18.9 Å². The summed E-state index contributed by atoms with van der Waals surface area (Å²) in [5, 5.41) is 4.51. The third-order valence-electron chi connectivity index (χ3n) is 4.32. The number of halogens is 1. The van der Waals surface area contributed by atoms with E-state index in [4.69, 9.17) is 4.74 Å². The van der Waals surface area contributed by atoms with Crippen molar-refractivity contribution in [2.75, 3.05) is 26.3 Å². The van der Waals surface area contributed by atoms with Crippen LogP contribution < -0.4 is 0 Å². The summed E-state index contributed by atoms with van der Waals surface area (Å²) >= 11 is 0. The van der Waals surface area contributed by atoms with Crippen molar-refractivity contribution < 1.29 is 13.9 Å². The molecule has 1 saturated carbocycles. The molecule has 5 nitrogen and oxygen atoms in total. The Labute approximate surface area is 133 Å². The topological polar surface area (TPSA) is 47.4 Å². The van der Waals surface area contributed by atoms with Gasteiger partial charge in [0.25, 0.3) is 5.91 Å². The highest BCUT2D eigenvalue weighted by molar-refractivity contribution is 5.92. The van der Waals surface area contributed by atoms with E-state index in [1.54, 1.807) is 21.7 Å². The van der Waals surface area contributed by atoms with E-state index in [9.17, 15) is 9.18 Å². The SMILES string of the molecule is O=C(c1cc(C2CC2)n(-c2ccc(F)cc2)n1)N1CCOCC1. The van der Waals surface area contributed by atoms with Gasteiger partial charge in [0.2, 0.25) is 0 Å². The van der Waals surface area contributed by atoms with Gasteiger partial charge in [0, 0.05) is 24.7 Å². The van der Waals surface area contributed by atoms with Crippen molar-refractivity contribution in [3.63, 3.8) is 0 Å². The molecule has 1 aliphatic heterocycles. The molecule has 2 fully saturated rings. The molecule has 2 aliphatic rings. The molecule has 1 aromatic heterocycles. The zero-order chi connectivity index (χ0) is 15.8. The fourth-order valence-corrected chi connectivity index (χ4v) is 2.89. The number of ether oxygens (including phenoxy) is 1. The summed E-state index contributed by atoms with van der Waals surface area (Å²) in [5.74, 6) is 0.105. The van der Waals surface area contributed by atoms with Crippen LogP contribution >= 0.6 is 0 Å². The molecule has 1 aliphatic carbocycles. The van der Waals surface area contributed by atoms with Crippen molar-refractivity contribution in [3.05, 3.63) is 47.5 Å². The predicted molar refractivity (Wildman–Crippen MR) is 82.2 cm³/mol. The third-order valence-corrected chi connectivity index (χ3v) is 4.32. The van der Waals surface area contributed by atoms with Crippen LogP contribution in [0.25, 0.3) is 5.69 Å². The summed E-state index contributed by atoms with van der Waals surface area (Å²) < 4.78 is 20.2. The largest absolute Gasteiger partial charge is 0.378 e. The van der Waals surface area contributed by atoms with Crippen LogP contribution in [0.4, 0.5) is 4.39 Å². The first-order valence-corrected chi connectivity index (χ1v) is 7.95. The van der Waals surface area contributed by atoms with Crippen molar-refractivity contribution in [2.45, 2.75) is 18.8 Å². The third kappa shape index (κ3) is 2.86. The lowest BCUT2D eigenvalue weighted by Gasteiger charge is -2.25. The summed E-state index contributed by atoms with van der Waals surface area (Å²) in [6, 6.07) is 8.10. The highest BCUT2D eigenvalue weighted by atomic mass is 19.1. The van der Waals surface area contributed by atoms with Gasteiger partial charge in [0.1, 0.15) is 5.82 Å². The molecule has 0 spiro atoms. The van der Waals surface area contributed by atoms with Crippen molar-refractivity contribution in [2.24, 2.45) is 0 Å². The zero-order valence-electron chi connectivity index (χ0n) is 12.7. The van der Waals surface area contributed by atoms with Gasteiger partial charge >= 0.3 is 0 Å². The van der Waals surface area contributed by atoms with Gasteiger partial charge in [-0.3, -0.25) is 4.79 Å². The summed E-state index contributed by atoms with van der Waals surface area (Å²) in [6.45, 7) is 2.34. The number of aromatic nitrogens is 2. The molecule has 0 N–H and O–H groups in total. The van der Waals surface area contributed by atoms with E-state index in [-0.39, 0.29) is 11.7 Å². The molecular weight excluding hydrogens is 297 g/mol. The Kier molecular flexibility index (Phi) is 3.61. The number of benzene rings is 1. The Hall–Kier alpha value is -2.21. The van der Waals surface area contributed by atoms with Crippen LogP contribution in [0.15, 0.2) is 30.3 Å². The fourth-order valence-electron chi connectivity index (χ4n) is 2.89. The molecule has 0 unspecified atom stereocenters. The Morgan fingerprint density at radius 2 is 1.87 bits per heavy atom. The number of hydrogen-bond acceptors (Lipinski definition) is 3. The fraction of sp³-hybridized carbons (Fsp3) is 0.412. The molecule has 23 heavy (non-hydrogen) atoms. The Balaban J connectivity index is 1.67. The van der Waals surface area contributed by atoms with E-state index in [0.717, 1.165) is 24.2 Å². The summed E-state index contributed by atoms with van der Waals surface area (Å²) in [4.78, 5) is 14.4. The number of nitrogens with zero attached hydrogens (tertiary/aromatic N) is 3. The first-order chi connectivity index (χ1) is 11.2. The molecule has 120 valence electrons. The average molecular weight is 315 g/mol. The van der Waals surface area contributed by atoms with Crippen LogP contribution in [0, 0.1) is 5.82 Å². The smallest absolute Gasteiger partial charge is 0.274 e. The highest BCUT2D eigenvalue weighted by Gasteiger charge is 2.31. The molecule has 0 radical (unpaired) electrons. The van der Waals surface area contributed by atoms with Gasteiger partial charge in [-0.1, -0.05) is 0 Å². The highest BCUT2D eigenvalue weighted by Crippen LogP contribution is 2.41. The summed E-state index contributed by atoms with van der Waals surface area (Å²) in [6.07, 6.45) is 2.22. The van der Waals surface area contributed by atoms with Gasteiger partial charge in [-0.2, -0.15) is 5.10 Å². The molecular formula is C17H18FN3O2. The first kappa shape index (κ1) is 14.4. The minimum atomic E-state index is -0.279.